The number of hydrogen-bond donors (Lipinski definition) is 0. The van der Waals surface area contributed by atoms with Crippen LogP contribution in [0.1, 0.15) is 34.1 Å². The molecule has 4 rings (SSSR count). The van der Waals surface area contributed by atoms with Crippen molar-refractivity contribution in [3.63, 3.8) is 0 Å². The van der Waals surface area contributed by atoms with Gasteiger partial charge < -0.3 is 13.9 Å². The minimum absolute atomic E-state index is 0.259. The van der Waals surface area contributed by atoms with Crippen LogP contribution in [0.15, 0.2) is 70.4 Å². The van der Waals surface area contributed by atoms with Gasteiger partial charge in [-0.15, -0.1) is 0 Å². The minimum Gasteiger partial charge on any atom is -0.493 e. The second-order valence-corrected chi connectivity index (χ2v) is 7.28. The second-order valence-electron chi connectivity index (χ2n) is 6.84. The summed E-state index contributed by atoms with van der Waals surface area (Å²) in [5.41, 5.74) is 2.08. The fourth-order valence-electron chi connectivity index (χ4n) is 3.34. The van der Waals surface area contributed by atoms with Crippen LogP contribution in [0, 0.1) is 0 Å². The van der Waals surface area contributed by atoms with Gasteiger partial charge in [-0.25, -0.2) is 5.01 Å². The van der Waals surface area contributed by atoms with Gasteiger partial charge in [0.25, 0.3) is 5.91 Å². The predicted molar refractivity (Wildman–Crippen MR) is 115 cm³/mol. The molecule has 1 atom stereocenters. The van der Waals surface area contributed by atoms with Gasteiger partial charge in [0.2, 0.25) is 0 Å². The van der Waals surface area contributed by atoms with E-state index in [1.54, 1.807) is 42.7 Å². The van der Waals surface area contributed by atoms with Crippen molar-refractivity contribution >= 4 is 29.5 Å². The van der Waals surface area contributed by atoms with E-state index in [4.69, 9.17) is 25.5 Å². The van der Waals surface area contributed by atoms with Crippen molar-refractivity contribution in [1.82, 2.24) is 5.01 Å². The van der Waals surface area contributed by atoms with Crippen molar-refractivity contribution in [1.29, 1.82) is 0 Å². The summed E-state index contributed by atoms with van der Waals surface area (Å²) in [5, 5.41) is 6.56. The number of ether oxygens (including phenoxy) is 2. The molecule has 1 unspecified atom stereocenters. The molecule has 2 aromatic carbocycles. The zero-order valence-electron chi connectivity index (χ0n) is 16.7. The number of hydrazone groups is 1. The van der Waals surface area contributed by atoms with Crippen LogP contribution in [0.4, 0.5) is 0 Å². The third-order valence-electron chi connectivity index (χ3n) is 4.89. The smallest absolute Gasteiger partial charge is 0.281 e. The molecule has 0 bridgehead atoms. The van der Waals surface area contributed by atoms with E-state index >= 15 is 0 Å². The van der Waals surface area contributed by atoms with Crippen LogP contribution in [-0.2, 0) is 4.79 Å². The van der Waals surface area contributed by atoms with E-state index in [-0.39, 0.29) is 18.6 Å². The Morgan fingerprint density at radius 3 is 2.71 bits per heavy atom. The van der Waals surface area contributed by atoms with Crippen molar-refractivity contribution in [2.75, 3.05) is 13.7 Å². The molecule has 3 aromatic rings. The molecule has 7 nitrogen and oxygen atoms in total. The van der Waals surface area contributed by atoms with Gasteiger partial charge in [-0.2, -0.15) is 5.10 Å². The molecule has 2 heterocycles. The fourth-order valence-corrected chi connectivity index (χ4v) is 3.47. The fraction of sp³-hybridized carbons (Fsp3) is 0.174. The van der Waals surface area contributed by atoms with E-state index in [9.17, 15) is 9.59 Å². The van der Waals surface area contributed by atoms with Gasteiger partial charge >= 0.3 is 0 Å². The Hall–Kier alpha value is -3.58. The van der Waals surface area contributed by atoms with Gasteiger partial charge in [0.05, 0.1) is 19.1 Å². The molecule has 0 saturated heterocycles. The summed E-state index contributed by atoms with van der Waals surface area (Å²) in [6.45, 7) is -0.259. The first-order chi connectivity index (χ1) is 15.1. The number of methoxy groups -OCH3 is 1. The second kappa shape index (κ2) is 9.06. The molecule has 0 spiro atoms. The highest BCUT2D eigenvalue weighted by atomic mass is 35.5. The molecule has 0 saturated carbocycles. The van der Waals surface area contributed by atoms with Crippen LogP contribution in [-0.4, -0.2) is 36.6 Å². The summed E-state index contributed by atoms with van der Waals surface area (Å²) in [4.78, 5) is 24.0. The van der Waals surface area contributed by atoms with Crippen molar-refractivity contribution in [3.05, 3.63) is 82.8 Å². The number of halogens is 1. The summed E-state index contributed by atoms with van der Waals surface area (Å²) in [6, 6.07) is 15.2. The van der Waals surface area contributed by atoms with Gasteiger partial charge in [0, 0.05) is 17.0 Å². The van der Waals surface area contributed by atoms with E-state index in [0.717, 1.165) is 11.3 Å². The maximum absolute atomic E-state index is 13.0. The molecule has 0 N–H and O–H groups in total. The van der Waals surface area contributed by atoms with Crippen molar-refractivity contribution < 1.29 is 23.5 Å². The van der Waals surface area contributed by atoms with E-state index < -0.39 is 0 Å². The monoisotopic (exact) mass is 438 g/mol. The number of nitrogens with zero attached hydrogens (tertiary/aromatic N) is 2. The molecule has 0 fully saturated rings. The topological polar surface area (TPSA) is 81.3 Å². The van der Waals surface area contributed by atoms with Crippen LogP contribution in [0.5, 0.6) is 11.5 Å². The Bertz CT molecular complexity index is 1110. The highest BCUT2D eigenvalue weighted by Gasteiger charge is 2.35. The molecule has 1 aliphatic rings. The normalized spacial score (nSPS) is 15.5. The third-order valence-corrected chi connectivity index (χ3v) is 5.14. The maximum atomic E-state index is 13.0. The first-order valence-corrected chi connectivity index (χ1v) is 9.91. The molecule has 0 radical (unpaired) electrons. The van der Waals surface area contributed by atoms with Gasteiger partial charge in [-0.05, 0) is 48.0 Å². The molecule has 0 aliphatic carbocycles. The average Bonchev–Trinajstić information content (AvgIpc) is 3.48. The Balaban J connectivity index is 1.55. The van der Waals surface area contributed by atoms with Gasteiger partial charge in [-0.1, -0.05) is 23.7 Å². The van der Waals surface area contributed by atoms with Crippen LogP contribution in [0.2, 0.25) is 5.02 Å². The van der Waals surface area contributed by atoms with Gasteiger partial charge in [-0.3, -0.25) is 9.59 Å². The van der Waals surface area contributed by atoms with E-state index in [2.05, 4.69) is 5.10 Å². The number of aldehydes is 1. The highest BCUT2D eigenvalue weighted by molar-refractivity contribution is 6.30. The van der Waals surface area contributed by atoms with Crippen LogP contribution < -0.4 is 9.47 Å². The number of hydrogen-bond acceptors (Lipinski definition) is 6. The van der Waals surface area contributed by atoms with Crippen LogP contribution >= 0.6 is 11.6 Å². The lowest BCUT2D eigenvalue weighted by molar-refractivity contribution is -0.135. The number of carbonyl (C=O) groups excluding carboxylic acids is 2. The van der Waals surface area contributed by atoms with Crippen molar-refractivity contribution in [3.8, 4) is 11.5 Å². The number of carbonyl (C=O) groups is 2. The standard InChI is InChI=1S/C23H19ClN2O5/c1-29-22-11-15(13-27)4-9-21(22)31-14-23(28)26-19(20-3-2-10-30-20)12-18(25-26)16-5-7-17(24)8-6-16/h2-11,13,19H,12,14H2,1H3. The van der Waals surface area contributed by atoms with Crippen LogP contribution in [0.3, 0.4) is 0 Å². The molecule has 8 heteroatoms. The number of amides is 1. The van der Waals surface area contributed by atoms with Gasteiger partial charge in [0.1, 0.15) is 18.1 Å². The molecule has 31 heavy (non-hydrogen) atoms. The summed E-state index contributed by atoms with van der Waals surface area (Å²) in [7, 11) is 1.47. The highest BCUT2D eigenvalue weighted by Crippen LogP contribution is 2.34. The number of benzene rings is 2. The molecule has 1 amide bonds. The molecular weight excluding hydrogens is 420 g/mol. The van der Waals surface area contributed by atoms with Crippen molar-refractivity contribution in [2.24, 2.45) is 5.10 Å². The number of rotatable bonds is 7. The third kappa shape index (κ3) is 4.46. The lowest BCUT2D eigenvalue weighted by Crippen LogP contribution is -2.31. The summed E-state index contributed by atoms with van der Waals surface area (Å²) >= 11 is 5.99. The van der Waals surface area contributed by atoms with E-state index in [1.807, 2.05) is 18.2 Å². The zero-order chi connectivity index (χ0) is 21.8. The first-order valence-electron chi connectivity index (χ1n) is 9.54. The Morgan fingerprint density at radius 2 is 2.03 bits per heavy atom. The average molecular weight is 439 g/mol. The Morgan fingerprint density at radius 1 is 1.23 bits per heavy atom. The van der Waals surface area contributed by atoms with Crippen LogP contribution in [0.25, 0.3) is 0 Å². The lowest BCUT2D eigenvalue weighted by Gasteiger charge is -2.20. The van der Waals surface area contributed by atoms with E-state index in [1.165, 1.54) is 12.1 Å². The summed E-state index contributed by atoms with van der Waals surface area (Å²) in [6.07, 6.45) is 2.77. The Labute approximate surface area is 183 Å². The quantitative estimate of drug-likeness (QED) is 0.507. The predicted octanol–water partition coefficient (Wildman–Crippen LogP) is 4.51. The molecule has 158 valence electrons. The van der Waals surface area contributed by atoms with E-state index in [0.29, 0.717) is 40.6 Å². The Kier molecular flexibility index (Phi) is 6.04. The lowest BCUT2D eigenvalue weighted by atomic mass is 10.0. The zero-order valence-corrected chi connectivity index (χ0v) is 17.4. The molecule has 1 aliphatic heterocycles. The van der Waals surface area contributed by atoms with Gasteiger partial charge in [0.15, 0.2) is 18.1 Å². The van der Waals surface area contributed by atoms with Crippen molar-refractivity contribution in [2.45, 2.75) is 12.5 Å². The maximum Gasteiger partial charge on any atom is 0.281 e. The molecule has 1 aromatic heterocycles. The molecular formula is C23H19ClN2O5. The summed E-state index contributed by atoms with van der Waals surface area (Å²) < 4.78 is 16.5. The minimum atomic E-state index is -0.379. The first kappa shape index (κ1) is 20.7. The number of furan rings is 1. The SMILES string of the molecule is COc1cc(C=O)ccc1OCC(=O)N1N=C(c2ccc(Cl)cc2)CC1c1ccco1. The summed E-state index contributed by atoms with van der Waals surface area (Å²) in [5.74, 6) is 1.02. The largest absolute Gasteiger partial charge is 0.493 e.